The first-order valence-electron chi connectivity index (χ1n) is 7.04. The average Bonchev–Trinajstić information content (AvgIpc) is 3.01. The quantitative estimate of drug-likeness (QED) is 0.487. The zero-order valence-corrected chi connectivity index (χ0v) is 14.8. The molecule has 0 spiro atoms. The molecule has 5 nitrogen and oxygen atoms in total. The summed E-state index contributed by atoms with van der Waals surface area (Å²) in [6.07, 6.45) is 4.16. The van der Waals surface area contributed by atoms with Gasteiger partial charge in [0.15, 0.2) is 5.96 Å². The molecule has 114 valence electrons. The third-order valence-corrected chi connectivity index (χ3v) is 3.52. The molecule has 0 amide bonds. The lowest BCUT2D eigenvalue weighted by Gasteiger charge is -2.21. The smallest absolute Gasteiger partial charge is 0.193 e. The van der Waals surface area contributed by atoms with Crippen LogP contribution in [0.25, 0.3) is 0 Å². The standard InChI is InChI=1S/C14H24N4O.HI/c1-11(2)8-12-4-6-18(10-12)14(15-3)16-9-13-5-7-19-17-13;/h5,7,11-12H,4,6,8-10H2,1-3H3,(H,15,16);1H. The number of nitrogens with one attached hydrogen (secondary N) is 1. The maximum absolute atomic E-state index is 4.82. The Kier molecular flexibility index (Phi) is 7.32. The Morgan fingerprint density at radius 3 is 3.00 bits per heavy atom. The summed E-state index contributed by atoms with van der Waals surface area (Å²) in [7, 11) is 1.83. The zero-order chi connectivity index (χ0) is 13.7. The predicted octanol–water partition coefficient (Wildman–Crippen LogP) is 2.74. The third-order valence-electron chi connectivity index (χ3n) is 3.52. The van der Waals surface area contributed by atoms with Gasteiger partial charge in [-0.05, 0) is 24.7 Å². The molecule has 0 saturated carbocycles. The van der Waals surface area contributed by atoms with Crippen molar-refractivity contribution in [3.8, 4) is 0 Å². The van der Waals surface area contributed by atoms with E-state index in [2.05, 4.69) is 34.2 Å². The summed E-state index contributed by atoms with van der Waals surface area (Å²) < 4.78 is 4.82. The van der Waals surface area contributed by atoms with Crippen molar-refractivity contribution in [2.24, 2.45) is 16.8 Å². The number of likely N-dealkylation sites (tertiary alicyclic amines) is 1. The molecule has 2 rings (SSSR count). The summed E-state index contributed by atoms with van der Waals surface area (Å²) in [5.41, 5.74) is 0.902. The van der Waals surface area contributed by atoms with Gasteiger partial charge in [-0.3, -0.25) is 4.99 Å². The fraction of sp³-hybridized carbons (Fsp3) is 0.714. The summed E-state index contributed by atoms with van der Waals surface area (Å²) >= 11 is 0. The second-order valence-corrected chi connectivity index (χ2v) is 5.62. The van der Waals surface area contributed by atoms with Crippen LogP contribution in [0.5, 0.6) is 0 Å². The maximum Gasteiger partial charge on any atom is 0.193 e. The van der Waals surface area contributed by atoms with E-state index in [1.807, 2.05) is 13.1 Å². The highest BCUT2D eigenvalue weighted by Gasteiger charge is 2.25. The number of halogens is 1. The molecule has 0 bridgehead atoms. The summed E-state index contributed by atoms with van der Waals surface area (Å²) in [5, 5.41) is 7.23. The van der Waals surface area contributed by atoms with Crippen LogP contribution in [0.1, 0.15) is 32.4 Å². The highest BCUT2D eigenvalue weighted by Crippen LogP contribution is 2.23. The molecule has 0 radical (unpaired) electrons. The Labute approximate surface area is 138 Å². The van der Waals surface area contributed by atoms with E-state index in [0.29, 0.717) is 6.54 Å². The van der Waals surface area contributed by atoms with Crippen molar-refractivity contribution in [3.63, 3.8) is 0 Å². The molecule has 0 aliphatic carbocycles. The lowest BCUT2D eigenvalue weighted by Crippen LogP contribution is -2.39. The molecule has 6 heteroatoms. The number of hydrogen-bond acceptors (Lipinski definition) is 3. The van der Waals surface area contributed by atoms with E-state index in [1.54, 1.807) is 6.26 Å². The first kappa shape index (κ1) is 17.3. The van der Waals surface area contributed by atoms with Gasteiger partial charge in [-0.1, -0.05) is 19.0 Å². The molecule has 1 atom stereocenters. The van der Waals surface area contributed by atoms with Gasteiger partial charge in [-0.25, -0.2) is 0 Å². The second kappa shape index (κ2) is 8.49. The van der Waals surface area contributed by atoms with Crippen LogP contribution in [0.4, 0.5) is 0 Å². The van der Waals surface area contributed by atoms with Gasteiger partial charge in [-0.15, -0.1) is 24.0 Å². The Hall–Kier alpha value is -0.790. The minimum Gasteiger partial charge on any atom is -0.364 e. The van der Waals surface area contributed by atoms with Crippen LogP contribution in [0.3, 0.4) is 0 Å². The molecule has 1 aliphatic rings. The van der Waals surface area contributed by atoms with Crippen molar-refractivity contribution in [2.75, 3.05) is 20.1 Å². The number of aliphatic imine (C=N–C) groups is 1. The second-order valence-electron chi connectivity index (χ2n) is 5.62. The Morgan fingerprint density at radius 1 is 1.60 bits per heavy atom. The fourth-order valence-corrected chi connectivity index (χ4v) is 2.71. The number of hydrogen-bond donors (Lipinski definition) is 1. The predicted molar refractivity (Wildman–Crippen MR) is 91.3 cm³/mol. The van der Waals surface area contributed by atoms with Gasteiger partial charge in [0.05, 0.1) is 6.54 Å². The summed E-state index contributed by atoms with van der Waals surface area (Å²) in [4.78, 5) is 6.70. The normalized spacial score (nSPS) is 19.3. The van der Waals surface area contributed by atoms with Crippen LogP contribution in [-0.4, -0.2) is 36.2 Å². The molecule has 1 saturated heterocycles. The molecule has 1 aromatic rings. The third kappa shape index (κ3) is 4.96. The first-order valence-corrected chi connectivity index (χ1v) is 7.04. The van der Waals surface area contributed by atoms with E-state index in [9.17, 15) is 0 Å². The maximum atomic E-state index is 4.82. The van der Waals surface area contributed by atoms with Crippen molar-refractivity contribution < 1.29 is 4.52 Å². The minimum absolute atomic E-state index is 0. The molecule has 1 unspecified atom stereocenters. The summed E-state index contributed by atoms with van der Waals surface area (Å²) in [6.45, 7) is 7.45. The van der Waals surface area contributed by atoms with Gasteiger partial charge in [0.25, 0.3) is 0 Å². The molecule has 0 aromatic carbocycles. The van der Waals surface area contributed by atoms with Gasteiger partial charge in [-0.2, -0.15) is 0 Å². The monoisotopic (exact) mass is 392 g/mol. The molecular weight excluding hydrogens is 367 g/mol. The average molecular weight is 392 g/mol. The topological polar surface area (TPSA) is 53.7 Å². The number of nitrogens with zero attached hydrogens (tertiary/aromatic N) is 3. The van der Waals surface area contributed by atoms with E-state index in [1.165, 1.54) is 12.8 Å². The summed E-state index contributed by atoms with van der Waals surface area (Å²) in [6, 6.07) is 1.87. The van der Waals surface area contributed by atoms with Gasteiger partial charge in [0.1, 0.15) is 12.0 Å². The highest BCUT2D eigenvalue weighted by molar-refractivity contribution is 14.0. The van der Waals surface area contributed by atoms with Gasteiger partial charge >= 0.3 is 0 Å². The van der Waals surface area contributed by atoms with Crippen LogP contribution < -0.4 is 5.32 Å². The zero-order valence-electron chi connectivity index (χ0n) is 12.5. The lowest BCUT2D eigenvalue weighted by atomic mass is 9.97. The number of rotatable bonds is 4. The first-order chi connectivity index (χ1) is 9.19. The van der Waals surface area contributed by atoms with E-state index in [4.69, 9.17) is 4.52 Å². The molecule has 1 fully saturated rings. The molecule has 2 heterocycles. The van der Waals surface area contributed by atoms with Crippen molar-refractivity contribution in [1.82, 2.24) is 15.4 Å². The van der Waals surface area contributed by atoms with E-state index >= 15 is 0 Å². The van der Waals surface area contributed by atoms with Crippen LogP contribution >= 0.6 is 24.0 Å². The summed E-state index contributed by atoms with van der Waals surface area (Å²) in [5.74, 6) is 2.54. The van der Waals surface area contributed by atoms with Crippen molar-refractivity contribution in [2.45, 2.75) is 33.2 Å². The Morgan fingerprint density at radius 2 is 2.40 bits per heavy atom. The van der Waals surface area contributed by atoms with Gasteiger partial charge in [0.2, 0.25) is 0 Å². The van der Waals surface area contributed by atoms with Crippen LogP contribution in [0.15, 0.2) is 21.8 Å². The minimum atomic E-state index is 0. The number of aromatic nitrogens is 1. The van der Waals surface area contributed by atoms with Gasteiger partial charge in [0, 0.05) is 26.2 Å². The lowest BCUT2D eigenvalue weighted by molar-refractivity contribution is 0.399. The fourth-order valence-electron chi connectivity index (χ4n) is 2.71. The molecule has 1 aromatic heterocycles. The highest BCUT2D eigenvalue weighted by atomic mass is 127. The van der Waals surface area contributed by atoms with E-state index < -0.39 is 0 Å². The largest absolute Gasteiger partial charge is 0.364 e. The van der Waals surface area contributed by atoms with Crippen molar-refractivity contribution in [3.05, 3.63) is 18.0 Å². The Balaban J connectivity index is 0.00000200. The van der Waals surface area contributed by atoms with Gasteiger partial charge < -0.3 is 14.7 Å². The Bertz CT molecular complexity index is 405. The molecule has 1 aliphatic heterocycles. The van der Waals surface area contributed by atoms with Crippen LogP contribution in [0.2, 0.25) is 0 Å². The van der Waals surface area contributed by atoms with E-state index in [0.717, 1.165) is 36.6 Å². The van der Waals surface area contributed by atoms with Crippen molar-refractivity contribution >= 4 is 29.9 Å². The van der Waals surface area contributed by atoms with Crippen LogP contribution in [-0.2, 0) is 6.54 Å². The van der Waals surface area contributed by atoms with Crippen LogP contribution in [0, 0.1) is 11.8 Å². The molecular formula is C14H25IN4O. The molecule has 20 heavy (non-hydrogen) atoms. The molecule has 1 N–H and O–H groups in total. The van der Waals surface area contributed by atoms with E-state index in [-0.39, 0.29) is 24.0 Å². The SMILES string of the molecule is CN=C(NCc1ccon1)N1CCC(CC(C)C)C1.I. The number of guanidine groups is 1. The van der Waals surface area contributed by atoms with Crippen molar-refractivity contribution in [1.29, 1.82) is 0 Å².